The van der Waals surface area contributed by atoms with Gasteiger partial charge in [-0.15, -0.1) is 0 Å². The Kier molecular flexibility index (Phi) is 4.81. The number of amides is 1. The highest BCUT2D eigenvalue weighted by molar-refractivity contribution is 9.10. The zero-order chi connectivity index (χ0) is 15.4. The molecule has 0 atom stereocenters. The normalized spacial score (nSPS) is 10.2. The van der Waals surface area contributed by atoms with Crippen molar-refractivity contribution in [1.82, 2.24) is 4.57 Å². The topological polar surface area (TPSA) is 49.0 Å². The van der Waals surface area contributed by atoms with Gasteiger partial charge in [-0.05, 0) is 52.7 Å². The number of aromatic nitrogens is 1. The first-order valence-electron chi connectivity index (χ1n) is 6.70. The van der Waals surface area contributed by atoms with Crippen LogP contribution >= 0.6 is 15.9 Å². The first-order valence-corrected chi connectivity index (χ1v) is 7.50. The zero-order valence-electron chi connectivity index (χ0n) is 12.0. The lowest BCUT2D eigenvalue weighted by molar-refractivity contribution is 0.0984. The Morgan fingerprint density at radius 3 is 2.62 bits per heavy atom. The molecule has 1 aromatic heterocycles. The van der Waals surface area contributed by atoms with Crippen LogP contribution in [-0.4, -0.2) is 17.5 Å². The number of nitriles is 1. The van der Waals surface area contributed by atoms with E-state index in [9.17, 15) is 4.79 Å². The van der Waals surface area contributed by atoms with E-state index < -0.39 is 0 Å². The molecule has 0 N–H and O–H groups in total. The Balaban J connectivity index is 2.28. The molecule has 0 saturated carbocycles. The number of aryl methyl sites for hydroxylation is 1. The summed E-state index contributed by atoms with van der Waals surface area (Å²) in [5.41, 5.74) is 1.99. The largest absolute Gasteiger partial charge is 0.342 e. The van der Waals surface area contributed by atoms with Crippen LogP contribution in [0.15, 0.2) is 41.0 Å². The van der Waals surface area contributed by atoms with E-state index in [0.29, 0.717) is 11.3 Å². The molecule has 2 rings (SSSR count). The smallest absolute Gasteiger partial charge is 0.274 e. The summed E-state index contributed by atoms with van der Waals surface area (Å²) < 4.78 is 2.85. The molecule has 2 aromatic rings. The summed E-state index contributed by atoms with van der Waals surface area (Å²) >= 11 is 3.42. The summed E-state index contributed by atoms with van der Waals surface area (Å²) in [6.07, 6.45) is 2.88. The van der Waals surface area contributed by atoms with Gasteiger partial charge in [-0.25, -0.2) is 0 Å². The second kappa shape index (κ2) is 6.59. The fourth-order valence-corrected chi connectivity index (χ4v) is 2.59. The van der Waals surface area contributed by atoms with Crippen LogP contribution < -0.4 is 4.90 Å². The van der Waals surface area contributed by atoms with Crippen LogP contribution in [0, 0.1) is 11.3 Å². The lowest BCUT2D eigenvalue weighted by Gasteiger charge is -2.18. The molecule has 0 aliphatic carbocycles. The maximum atomic E-state index is 12.6. The Hall–Kier alpha value is -2.06. The van der Waals surface area contributed by atoms with Gasteiger partial charge in [-0.3, -0.25) is 4.79 Å². The molecular formula is C16H16BrN3O. The number of benzene rings is 1. The van der Waals surface area contributed by atoms with E-state index in [1.54, 1.807) is 36.2 Å². The summed E-state index contributed by atoms with van der Waals surface area (Å²) in [7, 11) is 1.74. The van der Waals surface area contributed by atoms with E-state index in [1.807, 2.05) is 16.8 Å². The average Bonchev–Trinajstić information content (AvgIpc) is 2.87. The summed E-state index contributed by atoms with van der Waals surface area (Å²) in [6.45, 7) is 2.88. The molecule has 0 aliphatic heterocycles. The van der Waals surface area contributed by atoms with Crippen LogP contribution in [0.5, 0.6) is 0 Å². The number of anilines is 1. The number of carbonyl (C=O) groups is 1. The van der Waals surface area contributed by atoms with Gasteiger partial charge in [0.2, 0.25) is 0 Å². The number of nitrogens with zero attached hydrogens (tertiary/aromatic N) is 3. The van der Waals surface area contributed by atoms with E-state index in [0.717, 1.165) is 23.1 Å². The molecule has 0 aliphatic rings. The molecule has 1 amide bonds. The van der Waals surface area contributed by atoms with Crippen LogP contribution in [0.2, 0.25) is 0 Å². The molecule has 1 heterocycles. The van der Waals surface area contributed by atoms with Crippen molar-refractivity contribution in [3.8, 4) is 6.07 Å². The first-order chi connectivity index (χ1) is 10.1. The third-order valence-corrected chi connectivity index (χ3v) is 3.67. The van der Waals surface area contributed by atoms with Gasteiger partial charge < -0.3 is 9.47 Å². The van der Waals surface area contributed by atoms with Gasteiger partial charge in [-0.1, -0.05) is 6.92 Å². The minimum atomic E-state index is -0.0705. The van der Waals surface area contributed by atoms with Gasteiger partial charge in [0.25, 0.3) is 5.91 Å². The van der Waals surface area contributed by atoms with Gasteiger partial charge in [0.15, 0.2) is 0 Å². The highest BCUT2D eigenvalue weighted by atomic mass is 79.9. The molecule has 0 spiro atoms. The molecule has 0 bridgehead atoms. The van der Waals surface area contributed by atoms with Crippen LogP contribution in [0.4, 0.5) is 5.69 Å². The number of rotatable bonds is 4. The van der Waals surface area contributed by atoms with Gasteiger partial charge in [0, 0.05) is 29.9 Å². The van der Waals surface area contributed by atoms with Crippen LogP contribution in [0.3, 0.4) is 0 Å². The standard InChI is InChI=1S/C16H16BrN3O/c1-3-8-20-11-13(17)9-15(20)16(21)19(2)14-6-4-12(10-18)5-7-14/h4-7,9,11H,3,8H2,1-2H3. The van der Waals surface area contributed by atoms with Crippen molar-refractivity contribution in [2.45, 2.75) is 19.9 Å². The molecule has 5 heteroatoms. The third kappa shape index (κ3) is 3.34. The quantitative estimate of drug-likeness (QED) is 0.845. The summed E-state index contributed by atoms with van der Waals surface area (Å²) in [4.78, 5) is 14.2. The van der Waals surface area contributed by atoms with Crippen molar-refractivity contribution in [3.63, 3.8) is 0 Å². The Bertz CT molecular complexity index is 683. The molecule has 21 heavy (non-hydrogen) atoms. The number of carbonyl (C=O) groups excluding carboxylic acids is 1. The van der Waals surface area contributed by atoms with Crippen molar-refractivity contribution in [1.29, 1.82) is 5.26 Å². The Morgan fingerprint density at radius 1 is 1.38 bits per heavy atom. The minimum absolute atomic E-state index is 0.0705. The third-order valence-electron chi connectivity index (χ3n) is 3.24. The summed E-state index contributed by atoms with van der Waals surface area (Å²) in [6, 6.07) is 10.9. The predicted octanol–water partition coefficient (Wildman–Crippen LogP) is 3.81. The highest BCUT2D eigenvalue weighted by Crippen LogP contribution is 2.20. The maximum absolute atomic E-state index is 12.6. The van der Waals surface area contributed by atoms with Crippen molar-refractivity contribution >= 4 is 27.5 Å². The first kappa shape index (κ1) is 15.3. The Morgan fingerprint density at radius 2 is 2.05 bits per heavy atom. The predicted molar refractivity (Wildman–Crippen MR) is 86.3 cm³/mol. The van der Waals surface area contributed by atoms with Gasteiger partial charge in [-0.2, -0.15) is 5.26 Å². The van der Waals surface area contributed by atoms with Crippen molar-refractivity contribution < 1.29 is 4.79 Å². The van der Waals surface area contributed by atoms with Gasteiger partial charge >= 0.3 is 0 Å². The second-order valence-corrected chi connectivity index (χ2v) is 5.68. The SMILES string of the molecule is CCCn1cc(Br)cc1C(=O)N(C)c1ccc(C#N)cc1. The molecular weight excluding hydrogens is 330 g/mol. The van der Waals surface area contributed by atoms with E-state index in [1.165, 1.54) is 0 Å². The molecule has 0 fully saturated rings. The number of hydrogen-bond acceptors (Lipinski definition) is 2. The van der Waals surface area contributed by atoms with Gasteiger partial charge in [0.05, 0.1) is 11.6 Å². The van der Waals surface area contributed by atoms with E-state index in [2.05, 4.69) is 28.9 Å². The molecule has 0 unspecified atom stereocenters. The minimum Gasteiger partial charge on any atom is -0.342 e. The van der Waals surface area contributed by atoms with Crippen LogP contribution in [-0.2, 0) is 6.54 Å². The van der Waals surface area contributed by atoms with Crippen LogP contribution in [0.1, 0.15) is 29.4 Å². The number of hydrogen-bond donors (Lipinski definition) is 0. The molecule has 1 aromatic carbocycles. The molecule has 4 nitrogen and oxygen atoms in total. The molecule has 108 valence electrons. The number of halogens is 1. The molecule has 0 saturated heterocycles. The van der Waals surface area contributed by atoms with Crippen LogP contribution in [0.25, 0.3) is 0 Å². The summed E-state index contributed by atoms with van der Waals surface area (Å²) in [5.74, 6) is -0.0705. The molecule has 0 radical (unpaired) electrons. The van der Waals surface area contributed by atoms with Crippen molar-refractivity contribution in [2.24, 2.45) is 0 Å². The highest BCUT2D eigenvalue weighted by Gasteiger charge is 2.18. The lowest BCUT2D eigenvalue weighted by atomic mass is 10.2. The second-order valence-electron chi connectivity index (χ2n) is 4.76. The zero-order valence-corrected chi connectivity index (χ0v) is 13.6. The Labute approximate surface area is 132 Å². The maximum Gasteiger partial charge on any atom is 0.274 e. The van der Waals surface area contributed by atoms with Crippen molar-refractivity contribution in [2.75, 3.05) is 11.9 Å². The van der Waals surface area contributed by atoms with E-state index in [-0.39, 0.29) is 5.91 Å². The van der Waals surface area contributed by atoms with Crippen molar-refractivity contribution in [3.05, 3.63) is 52.3 Å². The fraction of sp³-hybridized carbons (Fsp3) is 0.250. The average molecular weight is 346 g/mol. The fourth-order valence-electron chi connectivity index (χ4n) is 2.13. The van der Waals surface area contributed by atoms with E-state index in [4.69, 9.17) is 5.26 Å². The van der Waals surface area contributed by atoms with Gasteiger partial charge in [0.1, 0.15) is 5.69 Å². The monoisotopic (exact) mass is 345 g/mol. The summed E-state index contributed by atoms with van der Waals surface area (Å²) in [5, 5.41) is 8.81. The lowest BCUT2D eigenvalue weighted by Crippen LogP contribution is -2.28. The van der Waals surface area contributed by atoms with E-state index >= 15 is 0 Å².